The van der Waals surface area contributed by atoms with Crippen molar-refractivity contribution in [2.24, 2.45) is 0 Å². The number of halogens is 2. The molecular weight excluding hydrogens is 540 g/mol. The van der Waals surface area contributed by atoms with E-state index in [0.717, 1.165) is 22.4 Å². The summed E-state index contributed by atoms with van der Waals surface area (Å²) in [6, 6.07) is 15.6. The topological polar surface area (TPSA) is 72.0 Å². The lowest BCUT2D eigenvalue weighted by molar-refractivity contribution is 0.0666. The second kappa shape index (κ2) is 11.4. The zero-order chi connectivity index (χ0) is 29.4. The first kappa shape index (κ1) is 27.6. The summed E-state index contributed by atoms with van der Waals surface area (Å²) in [6.45, 7) is 1.03. The number of carbonyl (C=O) groups is 2. The molecule has 0 saturated carbocycles. The number of piperidine rings is 1. The number of alkyl halides is 1. The van der Waals surface area contributed by atoms with Crippen molar-refractivity contribution in [3.05, 3.63) is 100.0 Å². The highest BCUT2D eigenvalue weighted by Crippen LogP contribution is 2.41. The molecule has 0 unspecified atom stereocenters. The summed E-state index contributed by atoms with van der Waals surface area (Å²) >= 11 is 0. The maximum Gasteiger partial charge on any atom is 0.258 e. The highest BCUT2D eigenvalue weighted by atomic mass is 19.1. The fourth-order valence-corrected chi connectivity index (χ4v) is 5.71. The number of ether oxygens (including phenoxy) is 2. The van der Waals surface area contributed by atoms with Crippen LogP contribution in [0, 0.1) is 5.82 Å². The number of hydrogen-bond donors (Lipinski definition) is 0. The fraction of sp³-hybridized carbons (Fsp3) is 0.303. The van der Waals surface area contributed by atoms with E-state index in [-0.39, 0.29) is 43.6 Å². The van der Waals surface area contributed by atoms with Crippen LogP contribution in [0.25, 0.3) is 10.9 Å². The lowest BCUT2D eigenvalue weighted by atomic mass is 9.93. The third kappa shape index (κ3) is 5.26. The van der Waals surface area contributed by atoms with Gasteiger partial charge in [0.15, 0.2) is 5.75 Å². The van der Waals surface area contributed by atoms with Crippen LogP contribution in [0.3, 0.4) is 0 Å². The van der Waals surface area contributed by atoms with Crippen molar-refractivity contribution in [1.82, 2.24) is 14.8 Å². The van der Waals surface area contributed by atoms with Crippen molar-refractivity contribution in [2.75, 3.05) is 27.2 Å². The van der Waals surface area contributed by atoms with Gasteiger partial charge in [0.05, 0.1) is 18.2 Å². The van der Waals surface area contributed by atoms with Crippen LogP contribution < -0.4 is 9.47 Å². The molecule has 1 fully saturated rings. The van der Waals surface area contributed by atoms with Gasteiger partial charge in [0.25, 0.3) is 11.8 Å². The maximum absolute atomic E-state index is 14.1. The third-order valence-corrected chi connectivity index (χ3v) is 8.00. The molecule has 216 valence electrons. The first-order valence-corrected chi connectivity index (χ1v) is 14.0. The van der Waals surface area contributed by atoms with Crippen molar-refractivity contribution >= 4 is 22.7 Å². The van der Waals surface area contributed by atoms with Gasteiger partial charge in [-0.3, -0.25) is 14.6 Å². The molecule has 42 heavy (non-hydrogen) atoms. The number of hydrogen-bond acceptors (Lipinski definition) is 5. The van der Waals surface area contributed by atoms with Crippen molar-refractivity contribution in [2.45, 2.75) is 38.6 Å². The molecule has 0 spiro atoms. The number of methoxy groups -OCH3 is 1. The summed E-state index contributed by atoms with van der Waals surface area (Å²) in [7, 11) is 3.29. The average molecular weight is 572 g/mol. The van der Waals surface area contributed by atoms with Crippen LogP contribution in [0.1, 0.15) is 55.8 Å². The van der Waals surface area contributed by atoms with Gasteiger partial charge >= 0.3 is 0 Å². The Kier molecular flexibility index (Phi) is 7.49. The Morgan fingerprint density at radius 2 is 1.71 bits per heavy atom. The van der Waals surface area contributed by atoms with Gasteiger partial charge in [0.1, 0.15) is 29.9 Å². The van der Waals surface area contributed by atoms with Crippen LogP contribution >= 0.6 is 0 Å². The molecule has 1 aromatic heterocycles. The lowest BCUT2D eigenvalue weighted by Gasteiger charge is -2.30. The minimum atomic E-state index is -0.929. The Hall–Kier alpha value is -4.53. The number of rotatable bonds is 7. The second-order valence-corrected chi connectivity index (χ2v) is 10.9. The van der Waals surface area contributed by atoms with E-state index in [1.807, 2.05) is 30.3 Å². The Labute approximate surface area is 242 Å². The highest BCUT2D eigenvalue weighted by molar-refractivity contribution is 6.16. The van der Waals surface area contributed by atoms with Crippen molar-refractivity contribution in [3.8, 4) is 11.5 Å². The summed E-state index contributed by atoms with van der Waals surface area (Å²) < 4.78 is 39.1. The largest absolute Gasteiger partial charge is 0.497 e. The standard InChI is InChI=1S/C33H31F2N3O4/c1-37-18-27-28(33(40)38-13-11-24(35)12-14-38)26-16-22(15-20-3-7-23(34)8-4-20)17-36-30(26)31(29(27)32(37)39)42-19-21-5-9-25(41-2)10-6-21/h3-10,16-17,24H,11-15,18-19H2,1-2H3. The van der Waals surface area contributed by atoms with Gasteiger partial charge in [0.2, 0.25) is 0 Å². The number of pyridine rings is 1. The molecule has 0 radical (unpaired) electrons. The minimum Gasteiger partial charge on any atom is -0.497 e. The van der Waals surface area contributed by atoms with E-state index in [1.165, 1.54) is 12.1 Å². The number of likely N-dealkylation sites (tertiary alicyclic amines) is 1. The molecule has 3 aromatic carbocycles. The predicted octanol–water partition coefficient (Wildman–Crippen LogP) is 5.71. The van der Waals surface area contributed by atoms with Crippen LogP contribution in [-0.2, 0) is 19.6 Å². The summed E-state index contributed by atoms with van der Waals surface area (Å²) in [5.74, 6) is 0.247. The van der Waals surface area contributed by atoms with Crippen molar-refractivity contribution in [1.29, 1.82) is 0 Å². The van der Waals surface area contributed by atoms with Gasteiger partial charge in [-0.15, -0.1) is 0 Å². The predicted molar refractivity (Wildman–Crippen MR) is 154 cm³/mol. The summed E-state index contributed by atoms with van der Waals surface area (Å²) in [5.41, 5.74) is 4.33. The number of amides is 2. The lowest BCUT2D eigenvalue weighted by Crippen LogP contribution is -2.39. The van der Waals surface area contributed by atoms with E-state index in [2.05, 4.69) is 0 Å². The molecule has 2 amide bonds. The van der Waals surface area contributed by atoms with E-state index in [1.54, 1.807) is 42.3 Å². The van der Waals surface area contributed by atoms with E-state index < -0.39 is 6.17 Å². The molecule has 2 aliphatic rings. The Balaban J connectivity index is 1.48. The van der Waals surface area contributed by atoms with E-state index in [9.17, 15) is 18.4 Å². The molecule has 0 atom stereocenters. The smallest absolute Gasteiger partial charge is 0.258 e. The molecule has 6 rings (SSSR count). The van der Waals surface area contributed by atoms with E-state index >= 15 is 0 Å². The quantitative estimate of drug-likeness (QED) is 0.284. The fourth-order valence-electron chi connectivity index (χ4n) is 5.71. The molecule has 2 aliphatic heterocycles. The SMILES string of the molecule is COc1ccc(COc2c3c(c(C(=O)N4CCC(F)CC4)c4cc(Cc5ccc(F)cc5)cnc24)CN(C)C3=O)cc1. The molecule has 9 heteroatoms. The maximum atomic E-state index is 14.1. The van der Waals surface area contributed by atoms with Crippen LogP contribution in [0.5, 0.6) is 11.5 Å². The first-order valence-electron chi connectivity index (χ1n) is 14.0. The molecule has 7 nitrogen and oxygen atoms in total. The molecule has 1 saturated heterocycles. The summed E-state index contributed by atoms with van der Waals surface area (Å²) in [4.78, 5) is 35.6. The molecule has 0 N–H and O–H groups in total. The van der Waals surface area contributed by atoms with Crippen LogP contribution in [0.2, 0.25) is 0 Å². The van der Waals surface area contributed by atoms with Crippen molar-refractivity contribution < 1.29 is 27.8 Å². The zero-order valence-electron chi connectivity index (χ0n) is 23.5. The summed E-state index contributed by atoms with van der Waals surface area (Å²) in [6.07, 6.45) is 1.80. The van der Waals surface area contributed by atoms with Crippen LogP contribution in [0.4, 0.5) is 8.78 Å². The van der Waals surface area contributed by atoms with Gasteiger partial charge in [-0.1, -0.05) is 24.3 Å². The van der Waals surface area contributed by atoms with E-state index in [4.69, 9.17) is 14.5 Å². The Bertz CT molecular complexity index is 1650. The van der Waals surface area contributed by atoms with E-state index in [0.29, 0.717) is 52.9 Å². The number of carbonyl (C=O) groups excluding carboxylic acids is 2. The molecule has 0 aliphatic carbocycles. The Morgan fingerprint density at radius 1 is 1.02 bits per heavy atom. The summed E-state index contributed by atoms with van der Waals surface area (Å²) in [5, 5.41) is 0.577. The van der Waals surface area contributed by atoms with Gasteiger partial charge in [-0.25, -0.2) is 8.78 Å². The van der Waals surface area contributed by atoms with Gasteiger partial charge in [-0.05, 0) is 66.3 Å². The zero-order valence-corrected chi connectivity index (χ0v) is 23.5. The third-order valence-electron chi connectivity index (χ3n) is 8.00. The molecular formula is C33H31F2N3O4. The number of fused-ring (bicyclic) bond motifs is 2. The van der Waals surface area contributed by atoms with Crippen molar-refractivity contribution in [3.63, 3.8) is 0 Å². The second-order valence-electron chi connectivity index (χ2n) is 10.9. The molecule has 3 heterocycles. The molecule has 0 bridgehead atoms. The number of benzene rings is 3. The minimum absolute atomic E-state index is 0.179. The molecule has 4 aromatic rings. The van der Waals surface area contributed by atoms with Gasteiger partial charge in [0, 0.05) is 43.8 Å². The van der Waals surface area contributed by atoms with Gasteiger partial charge in [-0.2, -0.15) is 0 Å². The van der Waals surface area contributed by atoms with Crippen LogP contribution in [-0.4, -0.2) is 60.0 Å². The highest BCUT2D eigenvalue weighted by Gasteiger charge is 2.37. The normalized spacial score (nSPS) is 15.3. The van der Waals surface area contributed by atoms with Gasteiger partial charge < -0.3 is 19.3 Å². The first-order chi connectivity index (χ1) is 20.3. The number of aromatic nitrogens is 1. The average Bonchev–Trinajstić information content (AvgIpc) is 3.29. The number of nitrogens with zero attached hydrogens (tertiary/aromatic N) is 3. The van der Waals surface area contributed by atoms with Crippen LogP contribution in [0.15, 0.2) is 60.8 Å². The Morgan fingerprint density at radius 3 is 2.40 bits per heavy atom. The monoisotopic (exact) mass is 571 g/mol.